The van der Waals surface area contributed by atoms with E-state index < -0.39 is 22.0 Å². The minimum atomic E-state index is -4.09. The lowest BCUT2D eigenvalue weighted by Gasteiger charge is -2.20. The second kappa shape index (κ2) is 11.2. The predicted molar refractivity (Wildman–Crippen MR) is 139 cm³/mol. The third-order valence-electron chi connectivity index (χ3n) is 5.67. The molecule has 1 amide bonds. The number of amides is 1. The Hall–Kier alpha value is -3.34. The van der Waals surface area contributed by atoms with E-state index in [2.05, 4.69) is 4.72 Å². The van der Waals surface area contributed by atoms with Crippen molar-refractivity contribution in [3.63, 3.8) is 0 Å². The van der Waals surface area contributed by atoms with E-state index in [-0.39, 0.29) is 17.2 Å². The molecule has 0 radical (unpaired) electrons. The minimum absolute atomic E-state index is 0.0326. The first-order chi connectivity index (χ1) is 17.2. The first-order valence-electron chi connectivity index (χ1n) is 11.4. The van der Waals surface area contributed by atoms with E-state index in [4.69, 9.17) is 4.42 Å². The Morgan fingerprint density at radius 1 is 0.972 bits per heavy atom. The zero-order chi connectivity index (χ0) is 25.7. The quantitative estimate of drug-likeness (QED) is 0.208. The van der Waals surface area contributed by atoms with Crippen LogP contribution in [0.15, 0.2) is 87.0 Å². The number of furan rings is 1. The van der Waals surface area contributed by atoms with Gasteiger partial charge in [0.1, 0.15) is 17.2 Å². The number of carbonyl (C=O) groups is 2. The molecule has 1 heterocycles. The van der Waals surface area contributed by atoms with Crippen LogP contribution in [0.25, 0.3) is 21.9 Å². The van der Waals surface area contributed by atoms with Gasteiger partial charge in [-0.2, -0.15) is 4.72 Å². The summed E-state index contributed by atoms with van der Waals surface area (Å²) in [4.78, 5) is 24.7. The molecular formula is C26H26N2O6S2. The summed E-state index contributed by atoms with van der Waals surface area (Å²) in [6.45, 7) is 1.89. The van der Waals surface area contributed by atoms with E-state index in [1.165, 1.54) is 31.0 Å². The van der Waals surface area contributed by atoms with Gasteiger partial charge in [0.05, 0.1) is 4.90 Å². The topological polar surface area (TPSA) is 117 Å². The number of nitrogens with zero attached hydrogens (tertiary/aromatic N) is 1. The van der Waals surface area contributed by atoms with Gasteiger partial charge in [-0.3, -0.25) is 13.9 Å². The van der Waals surface area contributed by atoms with Crippen LogP contribution in [0.1, 0.15) is 26.2 Å². The number of carboxylic acids is 1. The Balaban J connectivity index is 1.40. The number of fused-ring (bicyclic) bond motifs is 3. The molecule has 0 spiro atoms. The van der Waals surface area contributed by atoms with Crippen LogP contribution in [-0.4, -0.2) is 42.3 Å². The van der Waals surface area contributed by atoms with Gasteiger partial charge in [0.15, 0.2) is 0 Å². The van der Waals surface area contributed by atoms with Crippen LogP contribution >= 0.6 is 11.9 Å². The minimum Gasteiger partial charge on any atom is -0.480 e. The first-order valence-corrected chi connectivity index (χ1v) is 13.7. The summed E-state index contributed by atoms with van der Waals surface area (Å²) >= 11 is 1.32. The molecule has 10 heteroatoms. The number of aliphatic carboxylic acids is 1. The lowest BCUT2D eigenvalue weighted by molar-refractivity contribution is -0.139. The normalized spacial score (nSPS) is 12.6. The molecule has 0 aliphatic rings. The second-order valence-electron chi connectivity index (χ2n) is 8.29. The van der Waals surface area contributed by atoms with E-state index >= 15 is 0 Å². The van der Waals surface area contributed by atoms with Gasteiger partial charge < -0.3 is 9.52 Å². The number of carboxylic acid groups (broad SMARTS) is 1. The van der Waals surface area contributed by atoms with Crippen molar-refractivity contribution in [2.75, 3.05) is 6.54 Å². The molecule has 188 valence electrons. The smallest absolute Gasteiger partial charge is 0.321 e. The van der Waals surface area contributed by atoms with Crippen LogP contribution in [0, 0.1) is 0 Å². The zero-order valence-electron chi connectivity index (χ0n) is 19.6. The number of rotatable bonds is 11. The van der Waals surface area contributed by atoms with Gasteiger partial charge in [0.2, 0.25) is 15.9 Å². The second-order valence-corrected chi connectivity index (χ2v) is 11.1. The highest BCUT2D eigenvalue weighted by atomic mass is 32.2. The molecule has 3 aromatic carbocycles. The van der Waals surface area contributed by atoms with E-state index in [0.717, 1.165) is 10.3 Å². The standard InChI is InChI=1S/C26H26N2O6S2/c1-18(29)28(35-19-9-3-2-4-10-19)16-8-7-12-23(26(30)31)27-36(32,33)20-14-15-25-22(17-20)21-11-5-6-13-24(21)34-25/h2-6,9-11,13-15,17,23,27H,7-8,12,16H2,1H3,(H,30,31). The SMILES string of the molecule is CC(=O)N(CCCCC(NS(=O)(=O)c1ccc2oc3ccccc3c2c1)C(=O)O)Sc1ccccc1. The van der Waals surface area contributed by atoms with Crippen molar-refractivity contribution in [2.45, 2.75) is 42.0 Å². The van der Waals surface area contributed by atoms with Crippen molar-refractivity contribution < 1.29 is 27.5 Å². The van der Waals surface area contributed by atoms with Crippen molar-refractivity contribution in [2.24, 2.45) is 0 Å². The Labute approximate surface area is 213 Å². The van der Waals surface area contributed by atoms with Crippen LogP contribution in [0.5, 0.6) is 0 Å². The van der Waals surface area contributed by atoms with Gasteiger partial charge in [0, 0.05) is 29.1 Å². The van der Waals surface area contributed by atoms with Crippen LogP contribution in [-0.2, 0) is 19.6 Å². The van der Waals surface area contributed by atoms with Crippen LogP contribution in [0.4, 0.5) is 0 Å². The molecule has 0 bridgehead atoms. The summed E-state index contributed by atoms with van der Waals surface area (Å²) in [5, 5.41) is 11.1. The first kappa shape index (κ1) is 25.7. The van der Waals surface area contributed by atoms with Gasteiger partial charge in [-0.05, 0) is 67.6 Å². The molecule has 2 N–H and O–H groups in total. The molecular weight excluding hydrogens is 500 g/mol. The highest BCUT2D eigenvalue weighted by Gasteiger charge is 2.26. The average molecular weight is 527 g/mol. The van der Waals surface area contributed by atoms with Crippen LogP contribution in [0.3, 0.4) is 0 Å². The number of unbranched alkanes of at least 4 members (excludes halogenated alkanes) is 1. The number of sulfonamides is 1. The van der Waals surface area contributed by atoms with Crippen molar-refractivity contribution in [3.8, 4) is 0 Å². The average Bonchev–Trinajstić information content (AvgIpc) is 3.23. The molecule has 8 nitrogen and oxygen atoms in total. The van der Waals surface area contributed by atoms with Crippen molar-refractivity contribution in [3.05, 3.63) is 72.8 Å². The lowest BCUT2D eigenvalue weighted by atomic mass is 10.1. The Morgan fingerprint density at radius 3 is 2.39 bits per heavy atom. The third kappa shape index (κ3) is 6.07. The molecule has 0 saturated carbocycles. The maximum Gasteiger partial charge on any atom is 0.321 e. The molecule has 1 unspecified atom stereocenters. The van der Waals surface area contributed by atoms with E-state index in [9.17, 15) is 23.1 Å². The molecule has 0 fully saturated rings. The van der Waals surface area contributed by atoms with Crippen molar-refractivity contribution in [1.82, 2.24) is 9.03 Å². The summed E-state index contributed by atoms with van der Waals surface area (Å²) in [6.07, 6.45) is 1.04. The fraction of sp³-hybridized carbons (Fsp3) is 0.231. The fourth-order valence-electron chi connectivity index (χ4n) is 3.84. The summed E-state index contributed by atoms with van der Waals surface area (Å²) in [7, 11) is -4.09. The maximum atomic E-state index is 13.0. The molecule has 4 rings (SSSR count). The number of benzene rings is 3. The van der Waals surface area contributed by atoms with Crippen LogP contribution < -0.4 is 4.72 Å². The Bertz CT molecular complexity index is 1480. The summed E-state index contributed by atoms with van der Waals surface area (Å²) in [5.74, 6) is -1.36. The summed E-state index contributed by atoms with van der Waals surface area (Å²) in [5.41, 5.74) is 1.19. The Kier molecular flexibility index (Phi) is 7.97. The van der Waals surface area contributed by atoms with Gasteiger partial charge in [0.25, 0.3) is 0 Å². The number of nitrogens with one attached hydrogen (secondary N) is 1. The van der Waals surface area contributed by atoms with Gasteiger partial charge in [-0.25, -0.2) is 8.42 Å². The maximum absolute atomic E-state index is 13.0. The molecule has 0 saturated heterocycles. The highest BCUT2D eigenvalue weighted by Crippen LogP contribution is 2.30. The molecule has 1 aromatic heterocycles. The molecule has 0 aliphatic heterocycles. The van der Waals surface area contributed by atoms with E-state index in [1.807, 2.05) is 48.5 Å². The fourth-order valence-corrected chi connectivity index (χ4v) is 5.97. The highest BCUT2D eigenvalue weighted by molar-refractivity contribution is 7.97. The summed E-state index contributed by atoms with van der Waals surface area (Å²) < 4.78 is 35.7. The predicted octanol–water partition coefficient (Wildman–Crippen LogP) is 5.04. The van der Waals surface area contributed by atoms with E-state index in [1.54, 1.807) is 16.4 Å². The Morgan fingerprint density at radius 2 is 1.67 bits per heavy atom. The van der Waals surface area contributed by atoms with E-state index in [0.29, 0.717) is 35.9 Å². The largest absolute Gasteiger partial charge is 0.480 e. The van der Waals surface area contributed by atoms with Gasteiger partial charge in [-0.1, -0.05) is 36.4 Å². The number of hydrogen-bond donors (Lipinski definition) is 2. The monoisotopic (exact) mass is 526 g/mol. The number of carbonyl (C=O) groups excluding carboxylic acids is 1. The zero-order valence-corrected chi connectivity index (χ0v) is 21.2. The van der Waals surface area contributed by atoms with Crippen molar-refractivity contribution >= 4 is 55.8 Å². The third-order valence-corrected chi connectivity index (χ3v) is 8.28. The lowest BCUT2D eigenvalue weighted by Crippen LogP contribution is -2.40. The number of hydrogen-bond acceptors (Lipinski definition) is 6. The van der Waals surface area contributed by atoms with Gasteiger partial charge in [-0.15, -0.1) is 0 Å². The van der Waals surface area contributed by atoms with Gasteiger partial charge >= 0.3 is 5.97 Å². The summed E-state index contributed by atoms with van der Waals surface area (Å²) in [6, 6.07) is 19.9. The van der Waals surface area contributed by atoms with Crippen molar-refractivity contribution in [1.29, 1.82) is 0 Å². The molecule has 4 aromatic rings. The van der Waals surface area contributed by atoms with Crippen LogP contribution in [0.2, 0.25) is 0 Å². The molecule has 1 atom stereocenters. The number of para-hydroxylation sites is 1. The molecule has 0 aliphatic carbocycles. The molecule has 36 heavy (non-hydrogen) atoms.